The zero-order valence-corrected chi connectivity index (χ0v) is 11.1. The summed E-state index contributed by atoms with van der Waals surface area (Å²) in [6, 6.07) is 3.80. The molecule has 6 nitrogen and oxygen atoms in total. The van der Waals surface area contributed by atoms with Crippen LogP contribution in [0.5, 0.6) is 5.75 Å². The highest BCUT2D eigenvalue weighted by Gasteiger charge is 2.22. The summed E-state index contributed by atoms with van der Waals surface area (Å²) < 4.78 is 18.1. The van der Waals surface area contributed by atoms with Crippen molar-refractivity contribution >= 4 is 23.2 Å². The van der Waals surface area contributed by atoms with Crippen molar-refractivity contribution in [3.8, 4) is 5.75 Å². The van der Waals surface area contributed by atoms with Crippen LogP contribution in [0.1, 0.15) is 12.8 Å². The van der Waals surface area contributed by atoms with Crippen molar-refractivity contribution in [2.24, 2.45) is 5.10 Å². The first-order valence-corrected chi connectivity index (χ1v) is 6.00. The maximum absolute atomic E-state index is 13.1. The van der Waals surface area contributed by atoms with Gasteiger partial charge < -0.3 is 10.1 Å². The standard InChI is InChI=1S/C13H14FN3O3/c1-17-12(18)6-5-10(16-17)13(19)15-9-4-3-8(14)7-11(9)20-2/h3-4,7H,5-6H2,1-2H3,(H,15,19). The maximum Gasteiger partial charge on any atom is 0.271 e. The normalized spacial score (nSPS) is 14.8. The Balaban J connectivity index is 2.16. The first-order chi connectivity index (χ1) is 9.51. The van der Waals surface area contributed by atoms with E-state index in [1.165, 1.54) is 32.4 Å². The Morgan fingerprint density at radius 1 is 1.45 bits per heavy atom. The topological polar surface area (TPSA) is 71.0 Å². The van der Waals surface area contributed by atoms with Gasteiger partial charge in [-0.25, -0.2) is 9.40 Å². The highest BCUT2D eigenvalue weighted by Crippen LogP contribution is 2.25. The minimum Gasteiger partial charge on any atom is -0.494 e. The average Bonchev–Trinajstić information content (AvgIpc) is 2.43. The molecule has 1 aliphatic rings. The van der Waals surface area contributed by atoms with Crippen LogP contribution in [-0.2, 0) is 9.59 Å². The van der Waals surface area contributed by atoms with Gasteiger partial charge >= 0.3 is 0 Å². The van der Waals surface area contributed by atoms with Gasteiger partial charge in [-0.05, 0) is 12.1 Å². The van der Waals surface area contributed by atoms with Gasteiger partial charge in [0.1, 0.15) is 17.3 Å². The lowest BCUT2D eigenvalue weighted by Crippen LogP contribution is -2.34. The van der Waals surface area contributed by atoms with Crippen LogP contribution in [0, 0.1) is 5.82 Å². The fourth-order valence-corrected chi connectivity index (χ4v) is 1.80. The van der Waals surface area contributed by atoms with Crippen molar-refractivity contribution in [3.05, 3.63) is 24.0 Å². The van der Waals surface area contributed by atoms with E-state index in [1.54, 1.807) is 0 Å². The Morgan fingerprint density at radius 2 is 2.20 bits per heavy atom. The van der Waals surface area contributed by atoms with Crippen molar-refractivity contribution in [2.75, 3.05) is 19.5 Å². The summed E-state index contributed by atoms with van der Waals surface area (Å²) in [6.07, 6.45) is 0.516. The molecule has 0 fully saturated rings. The molecule has 0 aromatic heterocycles. The molecule has 2 amide bonds. The molecular weight excluding hydrogens is 265 g/mol. The number of carbonyl (C=O) groups excluding carboxylic acids is 2. The number of hydrogen-bond donors (Lipinski definition) is 1. The number of amides is 2. The molecule has 0 bridgehead atoms. The number of nitrogens with zero attached hydrogens (tertiary/aromatic N) is 2. The quantitative estimate of drug-likeness (QED) is 0.908. The minimum absolute atomic E-state index is 0.138. The summed E-state index contributed by atoms with van der Waals surface area (Å²) in [6.45, 7) is 0. The molecule has 1 aromatic carbocycles. The van der Waals surface area contributed by atoms with E-state index >= 15 is 0 Å². The number of carbonyl (C=O) groups is 2. The SMILES string of the molecule is COc1cc(F)ccc1NC(=O)C1=NN(C)C(=O)CC1. The first-order valence-electron chi connectivity index (χ1n) is 6.00. The number of hydrazone groups is 1. The van der Waals surface area contributed by atoms with Crippen LogP contribution in [-0.4, -0.2) is 36.7 Å². The van der Waals surface area contributed by atoms with Crippen LogP contribution in [0.4, 0.5) is 10.1 Å². The molecule has 0 atom stereocenters. The van der Waals surface area contributed by atoms with Crippen LogP contribution < -0.4 is 10.1 Å². The van der Waals surface area contributed by atoms with Crippen LogP contribution in [0.15, 0.2) is 23.3 Å². The number of methoxy groups -OCH3 is 1. The first kappa shape index (κ1) is 14.0. The molecule has 2 rings (SSSR count). The van der Waals surface area contributed by atoms with E-state index < -0.39 is 11.7 Å². The number of ether oxygens (including phenoxy) is 1. The second-order valence-electron chi connectivity index (χ2n) is 4.26. The predicted octanol–water partition coefficient (Wildman–Crippen LogP) is 1.38. The third kappa shape index (κ3) is 2.93. The fraction of sp³-hybridized carbons (Fsp3) is 0.308. The Kier molecular flexibility index (Phi) is 3.97. The van der Waals surface area contributed by atoms with E-state index in [1.807, 2.05) is 0 Å². The summed E-state index contributed by atoms with van der Waals surface area (Å²) in [5, 5.41) is 7.64. The average molecular weight is 279 g/mol. The molecule has 1 aliphatic heterocycles. The lowest BCUT2D eigenvalue weighted by molar-refractivity contribution is -0.130. The smallest absolute Gasteiger partial charge is 0.271 e. The number of anilines is 1. The summed E-state index contributed by atoms with van der Waals surface area (Å²) in [5.41, 5.74) is 0.597. The minimum atomic E-state index is -0.458. The van der Waals surface area contributed by atoms with Gasteiger partial charge in [0.2, 0.25) is 5.91 Å². The van der Waals surface area contributed by atoms with Crippen LogP contribution >= 0.6 is 0 Å². The number of nitrogens with one attached hydrogen (secondary N) is 1. The largest absolute Gasteiger partial charge is 0.494 e. The van der Waals surface area contributed by atoms with E-state index in [9.17, 15) is 14.0 Å². The van der Waals surface area contributed by atoms with Crippen molar-refractivity contribution in [1.82, 2.24) is 5.01 Å². The molecule has 1 N–H and O–H groups in total. The van der Waals surface area contributed by atoms with Crippen molar-refractivity contribution in [1.29, 1.82) is 0 Å². The Hall–Kier alpha value is -2.44. The third-order valence-corrected chi connectivity index (χ3v) is 2.88. The van der Waals surface area contributed by atoms with Gasteiger partial charge in [0.15, 0.2) is 0 Å². The van der Waals surface area contributed by atoms with E-state index in [0.29, 0.717) is 5.69 Å². The lowest BCUT2D eigenvalue weighted by atomic mass is 10.1. The number of benzene rings is 1. The Bertz CT molecular complexity index is 586. The van der Waals surface area contributed by atoms with Gasteiger partial charge in [-0.3, -0.25) is 9.59 Å². The molecule has 7 heteroatoms. The summed E-state index contributed by atoms with van der Waals surface area (Å²) in [7, 11) is 2.88. The van der Waals surface area contributed by atoms with Crippen molar-refractivity contribution in [3.63, 3.8) is 0 Å². The third-order valence-electron chi connectivity index (χ3n) is 2.88. The molecule has 0 spiro atoms. The molecule has 0 aliphatic carbocycles. The van der Waals surface area contributed by atoms with Gasteiger partial charge in [0.25, 0.3) is 5.91 Å². The van der Waals surface area contributed by atoms with E-state index in [4.69, 9.17) is 4.74 Å². The summed E-state index contributed by atoms with van der Waals surface area (Å²) in [4.78, 5) is 23.3. The van der Waals surface area contributed by atoms with Crippen LogP contribution in [0.25, 0.3) is 0 Å². The highest BCUT2D eigenvalue weighted by atomic mass is 19.1. The van der Waals surface area contributed by atoms with E-state index in [0.717, 1.165) is 5.01 Å². The van der Waals surface area contributed by atoms with E-state index in [2.05, 4.69) is 10.4 Å². The zero-order chi connectivity index (χ0) is 14.7. The second-order valence-corrected chi connectivity index (χ2v) is 4.26. The monoisotopic (exact) mass is 279 g/mol. The molecule has 1 heterocycles. The Morgan fingerprint density at radius 3 is 2.85 bits per heavy atom. The second kappa shape index (κ2) is 5.68. The van der Waals surface area contributed by atoms with E-state index in [-0.39, 0.29) is 30.2 Å². The van der Waals surface area contributed by atoms with Gasteiger partial charge in [0.05, 0.1) is 12.8 Å². The number of halogens is 1. The lowest BCUT2D eigenvalue weighted by Gasteiger charge is -2.19. The molecular formula is C13H14FN3O3. The maximum atomic E-state index is 13.1. The van der Waals surface area contributed by atoms with Crippen molar-refractivity contribution < 1.29 is 18.7 Å². The molecule has 0 radical (unpaired) electrons. The van der Waals surface area contributed by atoms with Crippen molar-refractivity contribution in [2.45, 2.75) is 12.8 Å². The highest BCUT2D eigenvalue weighted by molar-refractivity contribution is 6.43. The molecule has 106 valence electrons. The summed E-state index contributed by atoms with van der Waals surface area (Å²) >= 11 is 0. The predicted molar refractivity (Wildman–Crippen MR) is 71.0 cm³/mol. The van der Waals surface area contributed by atoms with Gasteiger partial charge in [-0.2, -0.15) is 5.10 Å². The summed E-state index contributed by atoms with van der Waals surface area (Å²) in [5.74, 6) is -0.811. The molecule has 1 aromatic rings. The van der Waals surface area contributed by atoms with Crippen LogP contribution in [0.3, 0.4) is 0 Å². The fourth-order valence-electron chi connectivity index (χ4n) is 1.80. The zero-order valence-electron chi connectivity index (χ0n) is 11.1. The Labute approximate surface area is 115 Å². The van der Waals surface area contributed by atoms with Crippen LogP contribution in [0.2, 0.25) is 0 Å². The van der Waals surface area contributed by atoms with Gasteiger partial charge in [-0.15, -0.1) is 0 Å². The molecule has 20 heavy (non-hydrogen) atoms. The van der Waals surface area contributed by atoms with Gasteiger partial charge in [-0.1, -0.05) is 0 Å². The molecule has 0 unspecified atom stereocenters. The number of rotatable bonds is 3. The van der Waals surface area contributed by atoms with Gasteiger partial charge in [0, 0.05) is 26.0 Å². The number of hydrogen-bond acceptors (Lipinski definition) is 4. The molecule has 0 saturated heterocycles. The molecule has 0 saturated carbocycles.